The number of allylic oxidation sites excluding steroid dienone is 1. The third kappa shape index (κ3) is 4.56. The van der Waals surface area contributed by atoms with Crippen molar-refractivity contribution in [2.24, 2.45) is 5.92 Å². The first kappa shape index (κ1) is 22.1. The second-order valence-electron chi connectivity index (χ2n) is 7.22. The molecule has 1 atom stereocenters. The van der Waals surface area contributed by atoms with Crippen LogP contribution in [0.2, 0.25) is 0 Å². The summed E-state index contributed by atoms with van der Waals surface area (Å²) in [4.78, 5) is 0.233. The van der Waals surface area contributed by atoms with Crippen molar-refractivity contribution in [3.8, 4) is 11.4 Å². The largest absolute Gasteiger partial charge is 0.379 e. The number of hydrogen-bond acceptors (Lipinski definition) is 6. The zero-order valence-corrected chi connectivity index (χ0v) is 19.4. The maximum Gasteiger partial charge on any atom is 0.243 e. The van der Waals surface area contributed by atoms with Crippen LogP contribution >= 0.6 is 35.0 Å². The summed E-state index contributed by atoms with van der Waals surface area (Å²) in [6.07, 6.45) is 2.53. The van der Waals surface area contributed by atoms with Crippen molar-refractivity contribution in [3.63, 3.8) is 0 Å². The average Bonchev–Trinajstić information content (AvgIpc) is 3.17. The lowest BCUT2D eigenvalue weighted by atomic mass is 10.2. The highest BCUT2D eigenvalue weighted by atomic mass is 35.5. The lowest BCUT2D eigenvalue weighted by molar-refractivity contribution is 0.0730. The minimum absolute atomic E-state index is 0.227. The molecule has 2 fully saturated rings. The molecule has 2 aliphatic rings. The molecule has 2 heterocycles. The highest BCUT2D eigenvalue weighted by Gasteiger charge is 2.51. The molecule has 1 aromatic heterocycles. The number of rotatable bonds is 8. The predicted molar refractivity (Wildman–Crippen MR) is 119 cm³/mol. The van der Waals surface area contributed by atoms with Gasteiger partial charge in [0.1, 0.15) is 4.33 Å². The molecular weight excluding hydrogens is 467 g/mol. The minimum atomic E-state index is -3.60. The predicted octanol–water partition coefficient (Wildman–Crippen LogP) is 3.44. The monoisotopic (exact) mass is 488 g/mol. The summed E-state index contributed by atoms with van der Waals surface area (Å²) >= 11 is 13.8. The number of thioether (sulfide) groups is 1. The van der Waals surface area contributed by atoms with E-state index in [1.54, 1.807) is 36.0 Å². The summed E-state index contributed by atoms with van der Waals surface area (Å²) < 4.78 is 34.0. The molecule has 2 aromatic rings. The number of morpholine rings is 1. The average molecular weight is 489 g/mol. The molecule has 0 N–H and O–H groups in total. The number of alkyl halides is 2. The Bertz CT molecular complexity index is 1040. The molecule has 0 bridgehead atoms. The summed E-state index contributed by atoms with van der Waals surface area (Å²) in [6, 6.07) is 6.81. The Morgan fingerprint density at radius 1 is 1.30 bits per heavy atom. The molecular formula is C19H22Cl2N4O3S2. The zero-order valence-electron chi connectivity index (χ0n) is 16.2. The maximum atomic E-state index is 13.0. The molecule has 1 saturated carbocycles. The van der Waals surface area contributed by atoms with Crippen molar-refractivity contribution in [3.05, 3.63) is 36.9 Å². The van der Waals surface area contributed by atoms with E-state index < -0.39 is 14.4 Å². The summed E-state index contributed by atoms with van der Waals surface area (Å²) in [7, 11) is -3.60. The van der Waals surface area contributed by atoms with E-state index in [2.05, 4.69) is 16.8 Å². The van der Waals surface area contributed by atoms with Crippen LogP contribution < -0.4 is 0 Å². The Balaban J connectivity index is 1.60. The molecule has 1 saturated heterocycles. The lowest BCUT2D eigenvalue weighted by Crippen LogP contribution is -2.40. The number of aromatic nitrogens is 3. The summed E-state index contributed by atoms with van der Waals surface area (Å²) in [5.74, 6) is 1.56. The van der Waals surface area contributed by atoms with E-state index in [1.807, 2.05) is 10.6 Å². The first-order chi connectivity index (χ1) is 14.3. The number of halogens is 2. The van der Waals surface area contributed by atoms with Gasteiger partial charge in [-0.15, -0.1) is 40.0 Å². The van der Waals surface area contributed by atoms with Crippen LogP contribution in [0.3, 0.4) is 0 Å². The van der Waals surface area contributed by atoms with Crippen LogP contribution in [-0.4, -0.2) is 63.9 Å². The van der Waals surface area contributed by atoms with E-state index in [-0.39, 0.29) is 10.8 Å². The van der Waals surface area contributed by atoms with Crippen molar-refractivity contribution >= 4 is 45.0 Å². The van der Waals surface area contributed by atoms with Crippen LogP contribution in [0.1, 0.15) is 6.42 Å². The molecule has 1 aliphatic heterocycles. The Hall–Kier alpha value is -1.10. The van der Waals surface area contributed by atoms with Gasteiger partial charge < -0.3 is 4.74 Å². The number of hydrogen-bond donors (Lipinski definition) is 0. The highest BCUT2D eigenvalue weighted by Crippen LogP contribution is 2.54. The highest BCUT2D eigenvalue weighted by molar-refractivity contribution is 7.99. The van der Waals surface area contributed by atoms with Crippen molar-refractivity contribution in [1.82, 2.24) is 19.1 Å². The van der Waals surface area contributed by atoms with Crippen molar-refractivity contribution in [1.29, 1.82) is 0 Å². The molecule has 11 heteroatoms. The Morgan fingerprint density at radius 2 is 2.03 bits per heavy atom. The van der Waals surface area contributed by atoms with Gasteiger partial charge >= 0.3 is 0 Å². The number of ether oxygens (including phenoxy) is 1. The molecule has 0 amide bonds. The maximum absolute atomic E-state index is 13.0. The number of sulfonamides is 1. The van der Waals surface area contributed by atoms with Crippen LogP contribution in [0.4, 0.5) is 0 Å². The quantitative estimate of drug-likeness (QED) is 0.321. The molecule has 1 aromatic carbocycles. The van der Waals surface area contributed by atoms with Crippen molar-refractivity contribution in [2.75, 3.05) is 32.1 Å². The lowest BCUT2D eigenvalue weighted by Gasteiger charge is -2.26. The molecule has 0 radical (unpaired) electrons. The van der Waals surface area contributed by atoms with Crippen molar-refractivity contribution < 1.29 is 13.2 Å². The molecule has 162 valence electrons. The first-order valence-electron chi connectivity index (χ1n) is 9.56. The molecule has 30 heavy (non-hydrogen) atoms. The molecule has 7 nitrogen and oxygen atoms in total. The summed E-state index contributed by atoms with van der Waals surface area (Å²) in [5.41, 5.74) is 0.681. The summed E-state index contributed by atoms with van der Waals surface area (Å²) in [5, 5.41) is 9.36. The van der Waals surface area contributed by atoms with Gasteiger partial charge in [-0.05, 0) is 18.6 Å². The third-order valence-electron chi connectivity index (χ3n) is 5.10. The fourth-order valence-electron chi connectivity index (χ4n) is 3.26. The van der Waals surface area contributed by atoms with E-state index in [9.17, 15) is 8.42 Å². The van der Waals surface area contributed by atoms with Gasteiger partial charge in [-0.3, -0.25) is 4.57 Å². The van der Waals surface area contributed by atoms with Crippen LogP contribution in [0.15, 0.2) is 47.0 Å². The zero-order chi connectivity index (χ0) is 21.4. The Labute approximate surface area is 190 Å². The molecule has 1 aliphatic carbocycles. The molecule has 0 spiro atoms. The Morgan fingerprint density at radius 3 is 2.70 bits per heavy atom. The number of nitrogens with zero attached hydrogens (tertiary/aromatic N) is 4. The van der Waals surface area contributed by atoms with Gasteiger partial charge in [0.25, 0.3) is 0 Å². The van der Waals surface area contributed by atoms with Gasteiger partial charge in [-0.1, -0.05) is 30.0 Å². The van der Waals surface area contributed by atoms with Gasteiger partial charge in [0.2, 0.25) is 10.0 Å². The van der Waals surface area contributed by atoms with E-state index in [4.69, 9.17) is 27.9 Å². The summed E-state index contributed by atoms with van der Waals surface area (Å²) in [6.45, 7) is 5.83. The normalized spacial score (nSPS) is 21.5. The second-order valence-corrected chi connectivity index (χ2v) is 11.7. The topological polar surface area (TPSA) is 77.3 Å². The van der Waals surface area contributed by atoms with E-state index in [0.717, 1.165) is 17.3 Å². The van der Waals surface area contributed by atoms with E-state index in [1.165, 1.54) is 4.31 Å². The fraction of sp³-hybridized carbons (Fsp3) is 0.474. The van der Waals surface area contributed by atoms with Gasteiger partial charge in [0.05, 0.1) is 18.1 Å². The smallest absolute Gasteiger partial charge is 0.243 e. The van der Waals surface area contributed by atoms with Crippen LogP contribution in [0.5, 0.6) is 0 Å². The SMILES string of the molecule is C=CCn1c(SCC2CC2(Cl)Cl)nnc1-c1cccc(S(=O)(=O)N2CCOCC2)c1. The van der Waals surface area contributed by atoms with Crippen LogP contribution in [0.25, 0.3) is 11.4 Å². The molecule has 4 rings (SSSR count). The van der Waals surface area contributed by atoms with Gasteiger partial charge in [-0.2, -0.15) is 4.31 Å². The van der Waals surface area contributed by atoms with Crippen LogP contribution in [0, 0.1) is 5.92 Å². The van der Waals surface area contributed by atoms with Gasteiger partial charge in [-0.25, -0.2) is 8.42 Å². The number of benzene rings is 1. The second kappa shape index (κ2) is 8.80. The third-order valence-corrected chi connectivity index (χ3v) is 9.05. The van der Waals surface area contributed by atoms with Gasteiger partial charge in [0.15, 0.2) is 11.0 Å². The van der Waals surface area contributed by atoms with E-state index >= 15 is 0 Å². The van der Waals surface area contributed by atoms with E-state index in [0.29, 0.717) is 44.2 Å². The van der Waals surface area contributed by atoms with Crippen LogP contribution in [-0.2, 0) is 21.3 Å². The minimum Gasteiger partial charge on any atom is -0.379 e. The standard InChI is InChI=1S/C19H22Cl2N4O3S2/c1-2-6-25-17(22-23-18(25)29-13-15-12-19(15,20)21)14-4-3-5-16(11-14)30(26,27)24-7-9-28-10-8-24/h2-5,11,15H,1,6-10,12-13H2. The van der Waals surface area contributed by atoms with Gasteiger partial charge in [0, 0.05) is 36.9 Å². The molecule has 1 unspecified atom stereocenters. The first-order valence-corrected chi connectivity index (χ1v) is 12.7. The van der Waals surface area contributed by atoms with Crippen molar-refractivity contribution in [2.45, 2.75) is 27.4 Å². The fourth-order valence-corrected chi connectivity index (χ4v) is 6.59. The Kier molecular flexibility index (Phi) is 6.48.